The van der Waals surface area contributed by atoms with Crippen molar-refractivity contribution in [3.63, 3.8) is 0 Å². The molecule has 0 aliphatic carbocycles. The lowest BCUT2D eigenvalue weighted by Crippen LogP contribution is -2.25. The molecule has 0 radical (unpaired) electrons. The van der Waals surface area contributed by atoms with E-state index >= 15 is 0 Å². The highest BCUT2D eigenvalue weighted by Gasteiger charge is 2.18. The van der Waals surface area contributed by atoms with Gasteiger partial charge in [-0.3, -0.25) is 4.79 Å². The second-order valence-electron chi connectivity index (χ2n) is 3.13. The van der Waals surface area contributed by atoms with Gasteiger partial charge in [-0.25, -0.2) is 0 Å². The SMILES string of the molecule is CCCC[C@@H]1CC(=O)CCO1. The Balaban J connectivity index is 2.17. The third-order valence-corrected chi connectivity index (χ3v) is 2.07. The molecule has 0 N–H and O–H groups in total. The van der Waals surface area contributed by atoms with E-state index in [-0.39, 0.29) is 6.10 Å². The van der Waals surface area contributed by atoms with Gasteiger partial charge in [0.15, 0.2) is 0 Å². The maximum Gasteiger partial charge on any atom is 0.137 e. The summed E-state index contributed by atoms with van der Waals surface area (Å²) in [6.07, 6.45) is 4.94. The highest BCUT2D eigenvalue weighted by Crippen LogP contribution is 2.15. The molecule has 0 aromatic rings. The molecule has 1 aliphatic rings. The van der Waals surface area contributed by atoms with E-state index in [1.54, 1.807) is 0 Å². The number of carbonyl (C=O) groups excluding carboxylic acids is 1. The van der Waals surface area contributed by atoms with Crippen molar-refractivity contribution < 1.29 is 9.53 Å². The molecule has 1 atom stereocenters. The molecule has 0 aromatic carbocycles. The molecular weight excluding hydrogens is 140 g/mol. The minimum absolute atomic E-state index is 0.233. The molecule has 1 heterocycles. The summed E-state index contributed by atoms with van der Waals surface area (Å²) in [7, 11) is 0. The van der Waals surface area contributed by atoms with Crippen LogP contribution >= 0.6 is 0 Å². The quantitative estimate of drug-likeness (QED) is 0.624. The average Bonchev–Trinajstić information content (AvgIpc) is 2.01. The molecular formula is C9H16O2. The first-order valence-corrected chi connectivity index (χ1v) is 4.46. The Morgan fingerprint density at radius 1 is 1.64 bits per heavy atom. The van der Waals surface area contributed by atoms with Crippen LogP contribution in [0.15, 0.2) is 0 Å². The summed E-state index contributed by atoms with van der Waals surface area (Å²) in [4.78, 5) is 11.0. The van der Waals surface area contributed by atoms with Gasteiger partial charge >= 0.3 is 0 Å². The van der Waals surface area contributed by atoms with Gasteiger partial charge in [-0.05, 0) is 6.42 Å². The summed E-state index contributed by atoms with van der Waals surface area (Å²) in [6.45, 7) is 2.80. The third-order valence-electron chi connectivity index (χ3n) is 2.07. The lowest BCUT2D eigenvalue weighted by Gasteiger charge is -2.21. The average molecular weight is 156 g/mol. The van der Waals surface area contributed by atoms with Crippen molar-refractivity contribution in [1.82, 2.24) is 0 Å². The topological polar surface area (TPSA) is 26.3 Å². The Morgan fingerprint density at radius 3 is 3.09 bits per heavy atom. The second kappa shape index (κ2) is 4.50. The van der Waals surface area contributed by atoms with E-state index in [0.29, 0.717) is 25.2 Å². The Morgan fingerprint density at radius 2 is 2.45 bits per heavy atom. The lowest BCUT2D eigenvalue weighted by molar-refractivity contribution is -0.128. The van der Waals surface area contributed by atoms with Crippen LogP contribution in [0.3, 0.4) is 0 Å². The molecule has 0 amide bonds. The highest BCUT2D eigenvalue weighted by atomic mass is 16.5. The number of unbranched alkanes of at least 4 members (excludes halogenated alkanes) is 1. The smallest absolute Gasteiger partial charge is 0.137 e. The van der Waals surface area contributed by atoms with Crippen molar-refractivity contribution in [1.29, 1.82) is 0 Å². The Hall–Kier alpha value is -0.370. The summed E-state index contributed by atoms with van der Waals surface area (Å²) in [5.74, 6) is 0.373. The first-order chi connectivity index (χ1) is 5.33. The molecule has 11 heavy (non-hydrogen) atoms. The maximum absolute atomic E-state index is 11.0. The number of hydrogen-bond acceptors (Lipinski definition) is 2. The van der Waals surface area contributed by atoms with Crippen LogP contribution in [-0.2, 0) is 9.53 Å². The van der Waals surface area contributed by atoms with Crippen LogP contribution in [0.25, 0.3) is 0 Å². The van der Waals surface area contributed by atoms with E-state index in [4.69, 9.17) is 4.74 Å². The summed E-state index contributed by atoms with van der Waals surface area (Å²) in [5.41, 5.74) is 0. The predicted molar refractivity (Wildman–Crippen MR) is 43.5 cm³/mol. The van der Waals surface area contributed by atoms with E-state index in [1.165, 1.54) is 12.8 Å². The lowest BCUT2D eigenvalue weighted by atomic mass is 10.0. The third kappa shape index (κ3) is 3.02. The minimum Gasteiger partial charge on any atom is -0.377 e. The number of rotatable bonds is 3. The molecule has 1 saturated heterocycles. The maximum atomic E-state index is 11.0. The molecule has 2 nitrogen and oxygen atoms in total. The Bertz CT molecular complexity index is 132. The zero-order valence-electron chi connectivity index (χ0n) is 7.14. The van der Waals surface area contributed by atoms with Crippen LogP contribution in [0.2, 0.25) is 0 Å². The molecule has 1 rings (SSSR count). The van der Waals surface area contributed by atoms with Gasteiger partial charge in [-0.1, -0.05) is 19.8 Å². The van der Waals surface area contributed by atoms with Crippen LogP contribution in [0.5, 0.6) is 0 Å². The van der Waals surface area contributed by atoms with E-state index in [0.717, 1.165) is 6.42 Å². The van der Waals surface area contributed by atoms with Gasteiger partial charge in [0.1, 0.15) is 5.78 Å². The van der Waals surface area contributed by atoms with E-state index in [2.05, 4.69) is 6.92 Å². The number of carbonyl (C=O) groups is 1. The van der Waals surface area contributed by atoms with Crippen LogP contribution in [0, 0.1) is 0 Å². The standard InChI is InChI=1S/C9H16O2/c1-2-3-4-9-7-8(10)5-6-11-9/h9H,2-7H2,1H3/t9-/m1/s1. The van der Waals surface area contributed by atoms with Crippen LogP contribution < -0.4 is 0 Å². The van der Waals surface area contributed by atoms with Crippen molar-refractivity contribution in [2.75, 3.05) is 6.61 Å². The molecule has 1 fully saturated rings. The van der Waals surface area contributed by atoms with Gasteiger partial charge in [-0.2, -0.15) is 0 Å². The molecule has 64 valence electrons. The zero-order valence-corrected chi connectivity index (χ0v) is 7.14. The minimum atomic E-state index is 0.233. The van der Waals surface area contributed by atoms with E-state index in [1.807, 2.05) is 0 Å². The fourth-order valence-electron chi connectivity index (χ4n) is 1.37. The molecule has 1 aliphatic heterocycles. The number of Topliss-reactive ketones (excluding diaryl/α,β-unsaturated/α-hetero) is 1. The van der Waals surface area contributed by atoms with Crippen molar-refractivity contribution in [3.8, 4) is 0 Å². The monoisotopic (exact) mass is 156 g/mol. The molecule has 0 spiro atoms. The fraction of sp³-hybridized carbons (Fsp3) is 0.889. The Kier molecular flexibility index (Phi) is 3.57. The normalized spacial score (nSPS) is 25.5. The van der Waals surface area contributed by atoms with Gasteiger partial charge in [0.05, 0.1) is 12.7 Å². The van der Waals surface area contributed by atoms with Crippen molar-refractivity contribution in [2.45, 2.75) is 45.1 Å². The number of ether oxygens (including phenoxy) is 1. The first kappa shape index (κ1) is 8.72. The summed E-state index contributed by atoms with van der Waals surface area (Å²) in [5, 5.41) is 0. The van der Waals surface area contributed by atoms with E-state index in [9.17, 15) is 4.79 Å². The van der Waals surface area contributed by atoms with Crippen LogP contribution in [-0.4, -0.2) is 18.5 Å². The number of hydrogen-bond donors (Lipinski definition) is 0. The highest BCUT2D eigenvalue weighted by molar-refractivity contribution is 5.79. The summed E-state index contributed by atoms with van der Waals surface area (Å²) >= 11 is 0. The molecule has 2 heteroatoms. The van der Waals surface area contributed by atoms with Gasteiger partial charge in [0.2, 0.25) is 0 Å². The van der Waals surface area contributed by atoms with Crippen LogP contribution in [0.4, 0.5) is 0 Å². The summed E-state index contributed by atoms with van der Waals surface area (Å²) < 4.78 is 5.43. The molecule has 0 aromatic heterocycles. The Labute approximate surface area is 67.9 Å². The van der Waals surface area contributed by atoms with Crippen molar-refractivity contribution >= 4 is 5.78 Å². The first-order valence-electron chi connectivity index (χ1n) is 4.46. The molecule has 0 bridgehead atoms. The predicted octanol–water partition coefficient (Wildman–Crippen LogP) is 1.92. The van der Waals surface area contributed by atoms with Crippen molar-refractivity contribution in [3.05, 3.63) is 0 Å². The van der Waals surface area contributed by atoms with Gasteiger partial charge in [-0.15, -0.1) is 0 Å². The molecule has 0 saturated carbocycles. The van der Waals surface area contributed by atoms with Gasteiger partial charge < -0.3 is 4.74 Å². The zero-order chi connectivity index (χ0) is 8.10. The van der Waals surface area contributed by atoms with Gasteiger partial charge in [0.25, 0.3) is 0 Å². The van der Waals surface area contributed by atoms with Crippen LogP contribution in [0.1, 0.15) is 39.0 Å². The van der Waals surface area contributed by atoms with Crippen molar-refractivity contribution in [2.24, 2.45) is 0 Å². The summed E-state index contributed by atoms with van der Waals surface area (Å²) in [6, 6.07) is 0. The fourth-order valence-corrected chi connectivity index (χ4v) is 1.37. The van der Waals surface area contributed by atoms with E-state index < -0.39 is 0 Å². The molecule has 0 unspecified atom stereocenters. The van der Waals surface area contributed by atoms with Gasteiger partial charge in [0, 0.05) is 12.8 Å². The largest absolute Gasteiger partial charge is 0.377 e. The second-order valence-corrected chi connectivity index (χ2v) is 3.13. The number of ketones is 1.